The highest BCUT2D eigenvalue weighted by atomic mass is 16.6. The number of aliphatic hydroxyl groups excluding tert-OH is 1. The molecule has 4 heteroatoms. The Labute approximate surface area is 113 Å². The maximum atomic E-state index is 11.9. The van der Waals surface area contributed by atoms with Gasteiger partial charge in [0, 0.05) is 12.5 Å². The number of rotatable bonds is 3. The summed E-state index contributed by atoms with van der Waals surface area (Å²) in [4.78, 5) is 13.6. The fourth-order valence-electron chi connectivity index (χ4n) is 2.76. The maximum absolute atomic E-state index is 11.9. The summed E-state index contributed by atoms with van der Waals surface area (Å²) in [6.07, 6.45) is 1.69. The van der Waals surface area contributed by atoms with Gasteiger partial charge >= 0.3 is 6.09 Å². The van der Waals surface area contributed by atoms with E-state index < -0.39 is 0 Å². The van der Waals surface area contributed by atoms with Crippen LogP contribution in [0, 0.1) is 11.8 Å². The molecule has 1 saturated carbocycles. The summed E-state index contributed by atoms with van der Waals surface area (Å²) >= 11 is 0. The molecular formula is C15H19NO3. The lowest BCUT2D eigenvalue weighted by Gasteiger charge is -2.15. The Morgan fingerprint density at radius 2 is 2.00 bits per heavy atom. The van der Waals surface area contributed by atoms with Crippen LogP contribution in [0.15, 0.2) is 30.3 Å². The molecule has 0 spiro atoms. The number of nitrogens with zero attached hydrogens (tertiary/aromatic N) is 1. The molecule has 0 aromatic heterocycles. The smallest absolute Gasteiger partial charge is 0.410 e. The Hall–Kier alpha value is -1.55. The summed E-state index contributed by atoms with van der Waals surface area (Å²) in [6.45, 7) is 1.34. The third kappa shape index (κ3) is 2.89. The average Bonchev–Trinajstić information content (AvgIpc) is 3.20. The summed E-state index contributed by atoms with van der Waals surface area (Å²) in [7, 11) is 0. The summed E-state index contributed by atoms with van der Waals surface area (Å²) in [5, 5.41) is 9.95. The number of hydrogen-bond donors (Lipinski definition) is 1. The zero-order chi connectivity index (χ0) is 13.2. The maximum Gasteiger partial charge on any atom is 0.410 e. The summed E-state index contributed by atoms with van der Waals surface area (Å²) in [5.41, 5.74) is 0.981. The molecule has 1 aromatic carbocycles. The second-order valence-corrected chi connectivity index (χ2v) is 5.51. The average molecular weight is 261 g/mol. The van der Waals surface area contributed by atoms with Gasteiger partial charge in [0.25, 0.3) is 0 Å². The van der Waals surface area contributed by atoms with Crippen molar-refractivity contribution < 1.29 is 14.6 Å². The zero-order valence-corrected chi connectivity index (χ0v) is 10.9. The number of β-amino-alcohol motifs (C(OH)–C–C–N with tert-alkyl or cyclic N) is 1. The lowest BCUT2D eigenvalue weighted by Crippen LogP contribution is -2.30. The van der Waals surface area contributed by atoms with E-state index in [1.807, 2.05) is 30.3 Å². The largest absolute Gasteiger partial charge is 0.445 e. The molecule has 1 heterocycles. The fraction of sp³-hybridized carbons (Fsp3) is 0.533. The monoisotopic (exact) mass is 261 g/mol. The van der Waals surface area contributed by atoms with Crippen molar-refractivity contribution in [3.63, 3.8) is 0 Å². The van der Waals surface area contributed by atoms with Gasteiger partial charge in [-0.15, -0.1) is 0 Å². The van der Waals surface area contributed by atoms with Crippen molar-refractivity contribution in [2.45, 2.75) is 25.6 Å². The van der Waals surface area contributed by atoms with Gasteiger partial charge in [0.2, 0.25) is 0 Å². The molecule has 0 radical (unpaired) electrons. The van der Waals surface area contributed by atoms with Gasteiger partial charge in [-0.2, -0.15) is 0 Å². The highest BCUT2D eigenvalue weighted by Crippen LogP contribution is 2.41. The van der Waals surface area contributed by atoms with Gasteiger partial charge < -0.3 is 14.7 Å². The van der Waals surface area contributed by atoms with Crippen LogP contribution in [0.1, 0.15) is 18.4 Å². The van der Waals surface area contributed by atoms with E-state index in [1.54, 1.807) is 4.90 Å². The van der Waals surface area contributed by atoms with Gasteiger partial charge in [0.15, 0.2) is 0 Å². The quantitative estimate of drug-likeness (QED) is 0.905. The summed E-state index contributed by atoms with van der Waals surface area (Å²) in [5.74, 6) is 0.867. The molecule has 2 fully saturated rings. The van der Waals surface area contributed by atoms with Crippen LogP contribution in [0.5, 0.6) is 0 Å². The van der Waals surface area contributed by atoms with E-state index in [4.69, 9.17) is 4.74 Å². The van der Waals surface area contributed by atoms with Crippen LogP contribution in [0.3, 0.4) is 0 Å². The van der Waals surface area contributed by atoms with Gasteiger partial charge in [-0.1, -0.05) is 30.3 Å². The molecule has 1 aliphatic heterocycles. The van der Waals surface area contributed by atoms with Gasteiger partial charge in [-0.05, 0) is 24.3 Å². The molecule has 1 N–H and O–H groups in total. The van der Waals surface area contributed by atoms with Crippen molar-refractivity contribution in [1.29, 1.82) is 0 Å². The molecule has 4 nitrogen and oxygen atoms in total. The highest BCUT2D eigenvalue weighted by Gasteiger charge is 2.43. The molecule has 2 atom stereocenters. The van der Waals surface area contributed by atoms with Crippen LogP contribution in [-0.2, 0) is 11.3 Å². The van der Waals surface area contributed by atoms with E-state index in [2.05, 4.69) is 0 Å². The first-order valence-corrected chi connectivity index (χ1v) is 6.88. The second-order valence-electron chi connectivity index (χ2n) is 5.51. The van der Waals surface area contributed by atoms with E-state index in [1.165, 1.54) is 12.8 Å². The minimum atomic E-state index is -0.378. The SMILES string of the molecule is O=C(OCc1ccccc1)N1C[C@@H](O)[C@H](C2CC2)C1. The predicted molar refractivity (Wildman–Crippen MR) is 70.4 cm³/mol. The third-order valence-electron chi connectivity index (χ3n) is 4.02. The first-order chi connectivity index (χ1) is 9.24. The van der Waals surface area contributed by atoms with Gasteiger partial charge in [0.05, 0.1) is 12.6 Å². The van der Waals surface area contributed by atoms with Gasteiger partial charge in [-0.3, -0.25) is 0 Å². The zero-order valence-electron chi connectivity index (χ0n) is 10.9. The Bertz CT molecular complexity index is 444. The minimum absolute atomic E-state index is 0.254. The van der Waals surface area contributed by atoms with Crippen LogP contribution in [-0.4, -0.2) is 35.3 Å². The van der Waals surface area contributed by atoms with Crippen LogP contribution >= 0.6 is 0 Å². The van der Waals surface area contributed by atoms with Crippen molar-refractivity contribution in [2.75, 3.05) is 13.1 Å². The topological polar surface area (TPSA) is 49.8 Å². The number of carbonyl (C=O) groups is 1. The molecule has 2 aliphatic rings. The molecule has 1 aromatic rings. The number of aliphatic hydroxyl groups is 1. The van der Waals surface area contributed by atoms with E-state index in [-0.39, 0.29) is 18.1 Å². The van der Waals surface area contributed by atoms with Gasteiger partial charge in [0.1, 0.15) is 6.61 Å². The van der Waals surface area contributed by atoms with E-state index >= 15 is 0 Å². The van der Waals surface area contributed by atoms with Crippen molar-refractivity contribution in [1.82, 2.24) is 4.90 Å². The standard InChI is InChI=1S/C15H19NO3/c17-14-9-16(8-13(14)12-6-7-12)15(18)19-10-11-4-2-1-3-5-11/h1-5,12-14,17H,6-10H2/t13-,14+/m0/s1. The van der Waals surface area contributed by atoms with Crippen molar-refractivity contribution in [3.8, 4) is 0 Å². The molecule has 102 valence electrons. The van der Waals surface area contributed by atoms with E-state index in [0.29, 0.717) is 25.6 Å². The van der Waals surface area contributed by atoms with Crippen LogP contribution in [0.25, 0.3) is 0 Å². The first kappa shape index (κ1) is 12.5. The Morgan fingerprint density at radius 1 is 1.26 bits per heavy atom. The molecule has 1 aliphatic carbocycles. The lowest BCUT2D eigenvalue weighted by molar-refractivity contribution is 0.0964. The molecule has 1 saturated heterocycles. The number of ether oxygens (including phenoxy) is 1. The molecule has 19 heavy (non-hydrogen) atoms. The van der Waals surface area contributed by atoms with Crippen molar-refractivity contribution >= 4 is 6.09 Å². The number of hydrogen-bond acceptors (Lipinski definition) is 3. The number of benzene rings is 1. The van der Waals surface area contributed by atoms with Gasteiger partial charge in [-0.25, -0.2) is 4.79 Å². The second kappa shape index (κ2) is 5.21. The molecular weight excluding hydrogens is 242 g/mol. The summed E-state index contributed by atoms with van der Waals surface area (Å²) < 4.78 is 5.28. The summed E-state index contributed by atoms with van der Waals surface area (Å²) in [6, 6.07) is 9.64. The molecule has 0 bridgehead atoms. The normalized spacial score (nSPS) is 26.5. The lowest BCUT2D eigenvalue weighted by atomic mass is 10.0. The predicted octanol–water partition coefficient (Wildman–Crippen LogP) is 2.03. The number of carbonyl (C=O) groups excluding carboxylic acids is 1. The number of likely N-dealkylation sites (tertiary alicyclic amines) is 1. The van der Waals surface area contributed by atoms with Crippen LogP contribution in [0.2, 0.25) is 0 Å². The third-order valence-corrected chi connectivity index (χ3v) is 4.02. The first-order valence-electron chi connectivity index (χ1n) is 6.88. The Kier molecular flexibility index (Phi) is 3.42. The highest BCUT2D eigenvalue weighted by molar-refractivity contribution is 5.68. The van der Waals surface area contributed by atoms with Crippen molar-refractivity contribution in [2.24, 2.45) is 11.8 Å². The van der Waals surface area contributed by atoms with E-state index in [0.717, 1.165) is 5.56 Å². The molecule has 1 amide bonds. The molecule has 0 unspecified atom stereocenters. The molecule has 3 rings (SSSR count). The fourth-order valence-corrected chi connectivity index (χ4v) is 2.76. The van der Waals surface area contributed by atoms with Crippen LogP contribution < -0.4 is 0 Å². The van der Waals surface area contributed by atoms with Crippen molar-refractivity contribution in [3.05, 3.63) is 35.9 Å². The Morgan fingerprint density at radius 3 is 2.68 bits per heavy atom. The Balaban J connectivity index is 1.51. The van der Waals surface area contributed by atoms with E-state index in [9.17, 15) is 9.90 Å². The van der Waals surface area contributed by atoms with Crippen LogP contribution in [0.4, 0.5) is 4.79 Å². The minimum Gasteiger partial charge on any atom is -0.445 e. The number of amides is 1.